The molecule has 33 heavy (non-hydrogen) atoms. The predicted octanol–water partition coefficient (Wildman–Crippen LogP) is 1.16. The summed E-state index contributed by atoms with van der Waals surface area (Å²) < 4.78 is 1.90. The smallest absolute Gasteiger partial charge is 0.326 e. The fraction of sp³-hybridized carbons (Fsp3) is 0.318. The van der Waals surface area contributed by atoms with Crippen LogP contribution in [0.25, 0.3) is 11.0 Å². The van der Waals surface area contributed by atoms with Crippen LogP contribution in [0.5, 0.6) is 0 Å². The standard InChI is InChI=1S/C22H25N5O6/c1-2-27-11-14(17-18(27)25-22(23)26-20(17)31)8-5-12-3-6-13(7-4-12)19(30)24-15(21(32)33)9-10-16(28)29/h3-4,6-7,11,15H,2,5,8-10H2,1H3,(H,24,30)(H,28,29)(H,32,33)(H3,23,25,26,31). The Morgan fingerprint density at radius 2 is 1.88 bits per heavy atom. The van der Waals surface area contributed by atoms with Crippen molar-refractivity contribution in [3.05, 3.63) is 57.5 Å². The first-order valence-electron chi connectivity index (χ1n) is 10.4. The summed E-state index contributed by atoms with van der Waals surface area (Å²) in [7, 11) is 0. The largest absolute Gasteiger partial charge is 0.481 e. The number of aliphatic carboxylic acids is 2. The van der Waals surface area contributed by atoms with Gasteiger partial charge in [0.1, 0.15) is 11.7 Å². The van der Waals surface area contributed by atoms with Crippen LogP contribution < -0.4 is 16.6 Å². The summed E-state index contributed by atoms with van der Waals surface area (Å²) in [5, 5.41) is 20.8. The monoisotopic (exact) mass is 455 g/mol. The zero-order chi connectivity index (χ0) is 24.1. The van der Waals surface area contributed by atoms with Crippen molar-refractivity contribution < 1.29 is 24.6 Å². The van der Waals surface area contributed by atoms with Gasteiger partial charge in [0.05, 0.1) is 5.39 Å². The number of nitrogen functional groups attached to an aromatic ring is 1. The zero-order valence-corrected chi connectivity index (χ0v) is 18.0. The molecule has 0 aliphatic rings. The van der Waals surface area contributed by atoms with Crippen LogP contribution in [-0.4, -0.2) is 48.6 Å². The third kappa shape index (κ3) is 5.56. The number of carboxylic acid groups (broad SMARTS) is 2. The SMILES string of the molecule is CCn1cc(CCc2ccc(C(=O)NC(CCC(=O)O)C(=O)O)cc2)c2c(=O)nc(N)[nH]c21. The molecule has 0 bridgehead atoms. The molecule has 2 heterocycles. The van der Waals surface area contributed by atoms with Gasteiger partial charge in [0.25, 0.3) is 11.5 Å². The molecule has 1 atom stereocenters. The number of hydrogen-bond acceptors (Lipinski definition) is 6. The average molecular weight is 455 g/mol. The van der Waals surface area contributed by atoms with Crippen LogP contribution in [0.3, 0.4) is 0 Å². The highest BCUT2D eigenvalue weighted by atomic mass is 16.4. The molecule has 0 aliphatic carbocycles. The van der Waals surface area contributed by atoms with Crippen molar-refractivity contribution in [2.24, 2.45) is 0 Å². The summed E-state index contributed by atoms with van der Waals surface area (Å²) in [5.41, 5.74) is 7.94. The van der Waals surface area contributed by atoms with Crippen molar-refractivity contribution in [1.82, 2.24) is 19.9 Å². The number of benzene rings is 1. The van der Waals surface area contributed by atoms with E-state index in [-0.39, 0.29) is 29.9 Å². The minimum Gasteiger partial charge on any atom is -0.481 e. The highest BCUT2D eigenvalue weighted by Gasteiger charge is 2.21. The van der Waals surface area contributed by atoms with Crippen LogP contribution in [-0.2, 0) is 29.0 Å². The van der Waals surface area contributed by atoms with Gasteiger partial charge < -0.3 is 30.8 Å². The van der Waals surface area contributed by atoms with Gasteiger partial charge in [-0.3, -0.25) is 14.4 Å². The lowest BCUT2D eigenvalue weighted by Gasteiger charge is -2.13. The molecule has 3 aromatic rings. The van der Waals surface area contributed by atoms with Gasteiger partial charge >= 0.3 is 11.9 Å². The minimum atomic E-state index is -1.29. The number of hydrogen-bond donors (Lipinski definition) is 5. The number of fused-ring (bicyclic) bond motifs is 1. The lowest BCUT2D eigenvalue weighted by Crippen LogP contribution is -2.41. The van der Waals surface area contributed by atoms with Crippen molar-refractivity contribution in [2.75, 3.05) is 5.73 Å². The number of H-pyrrole nitrogens is 1. The number of carbonyl (C=O) groups is 3. The molecule has 11 nitrogen and oxygen atoms in total. The summed E-state index contributed by atoms with van der Waals surface area (Å²) in [6.07, 6.45) is 2.49. The van der Waals surface area contributed by atoms with E-state index in [2.05, 4.69) is 15.3 Å². The molecular weight excluding hydrogens is 430 g/mol. The maximum Gasteiger partial charge on any atom is 0.326 e. The number of nitrogens with one attached hydrogen (secondary N) is 2. The van der Waals surface area contributed by atoms with E-state index < -0.39 is 23.9 Å². The second-order valence-electron chi connectivity index (χ2n) is 7.58. The molecule has 1 aromatic carbocycles. The third-order valence-corrected chi connectivity index (χ3v) is 5.33. The first-order valence-corrected chi connectivity index (χ1v) is 10.4. The lowest BCUT2D eigenvalue weighted by atomic mass is 10.0. The summed E-state index contributed by atoms with van der Waals surface area (Å²) in [4.78, 5) is 53.4. The Morgan fingerprint density at radius 3 is 2.48 bits per heavy atom. The number of carbonyl (C=O) groups excluding carboxylic acids is 1. The average Bonchev–Trinajstić information content (AvgIpc) is 3.12. The Balaban J connectivity index is 1.69. The quantitative estimate of drug-likeness (QED) is 0.302. The minimum absolute atomic E-state index is 0.0637. The van der Waals surface area contributed by atoms with Crippen molar-refractivity contribution >= 4 is 34.8 Å². The molecule has 0 saturated heterocycles. The lowest BCUT2D eigenvalue weighted by molar-refractivity contribution is -0.140. The van der Waals surface area contributed by atoms with Crippen LogP contribution in [0.4, 0.5) is 5.95 Å². The second-order valence-corrected chi connectivity index (χ2v) is 7.58. The van der Waals surface area contributed by atoms with Gasteiger partial charge in [-0.2, -0.15) is 4.98 Å². The fourth-order valence-corrected chi connectivity index (χ4v) is 3.61. The maximum atomic E-state index is 12.4. The molecule has 11 heteroatoms. The highest BCUT2D eigenvalue weighted by Crippen LogP contribution is 2.19. The molecule has 174 valence electrons. The van der Waals surface area contributed by atoms with E-state index in [0.29, 0.717) is 30.4 Å². The van der Waals surface area contributed by atoms with Crippen LogP contribution in [0.2, 0.25) is 0 Å². The van der Waals surface area contributed by atoms with Gasteiger partial charge in [0.15, 0.2) is 0 Å². The van der Waals surface area contributed by atoms with Crippen molar-refractivity contribution in [3.63, 3.8) is 0 Å². The van der Waals surface area contributed by atoms with Crippen LogP contribution in [0, 0.1) is 0 Å². The van der Waals surface area contributed by atoms with Crippen molar-refractivity contribution in [1.29, 1.82) is 0 Å². The number of aromatic nitrogens is 3. The predicted molar refractivity (Wildman–Crippen MR) is 120 cm³/mol. The molecule has 6 N–H and O–H groups in total. The number of nitrogens with two attached hydrogens (primary N) is 1. The van der Waals surface area contributed by atoms with E-state index in [4.69, 9.17) is 10.8 Å². The molecule has 2 aromatic heterocycles. The number of aryl methyl sites for hydroxylation is 3. The van der Waals surface area contributed by atoms with E-state index in [1.807, 2.05) is 17.7 Å². The van der Waals surface area contributed by atoms with E-state index in [0.717, 1.165) is 11.1 Å². The summed E-state index contributed by atoms with van der Waals surface area (Å²) in [6, 6.07) is 5.36. The maximum absolute atomic E-state index is 12.4. The first kappa shape index (κ1) is 23.5. The highest BCUT2D eigenvalue weighted by molar-refractivity contribution is 5.96. The van der Waals surface area contributed by atoms with Crippen molar-refractivity contribution in [3.8, 4) is 0 Å². The number of carboxylic acids is 2. The van der Waals surface area contributed by atoms with E-state index >= 15 is 0 Å². The fourth-order valence-electron chi connectivity index (χ4n) is 3.61. The normalized spacial score (nSPS) is 11.9. The van der Waals surface area contributed by atoms with Gasteiger partial charge in [-0.1, -0.05) is 12.1 Å². The van der Waals surface area contributed by atoms with Gasteiger partial charge in [-0.05, 0) is 49.4 Å². The van der Waals surface area contributed by atoms with E-state index in [1.54, 1.807) is 24.3 Å². The van der Waals surface area contributed by atoms with Gasteiger partial charge in [-0.25, -0.2) is 4.79 Å². The number of anilines is 1. The first-order chi connectivity index (χ1) is 15.7. The van der Waals surface area contributed by atoms with E-state index in [9.17, 15) is 24.3 Å². The molecule has 0 radical (unpaired) electrons. The number of aromatic amines is 1. The number of amides is 1. The Labute approximate surface area is 188 Å². The topological polar surface area (TPSA) is 180 Å². The van der Waals surface area contributed by atoms with Gasteiger partial charge in [-0.15, -0.1) is 0 Å². The molecule has 0 aliphatic heterocycles. The molecule has 1 unspecified atom stereocenters. The Morgan fingerprint density at radius 1 is 1.18 bits per heavy atom. The Kier molecular flexibility index (Phi) is 7.11. The summed E-state index contributed by atoms with van der Waals surface area (Å²) in [5.74, 6) is -2.96. The Bertz CT molecular complexity index is 1240. The number of rotatable bonds is 10. The van der Waals surface area contributed by atoms with Crippen molar-refractivity contribution in [2.45, 2.75) is 45.2 Å². The zero-order valence-electron chi connectivity index (χ0n) is 18.0. The number of nitrogens with zero attached hydrogens (tertiary/aromatic N) is 2. The van der Waals surface area contributed by atoms with Gasteiger partial charge in [0.2, 0.25) is 5.95 Å². The summed E-state index contributed by atoms with van der Waals surface area (Å²) in [6.45, 7) is 2.61. The van der Waals surface area contributed by atoms with Gasteiger partial charge in [0, 0.05) is 24.7 Å². The summed E-state index contributed by atoms with van der Waals surface area (Å²) >= 11 is 0. The van der Waals surface area contributed by atoms with Crippen LogP contribution in [0.15, 0.2) is 35.3 Å². The van der Waals surface area contributed by atoms with E-state index in [1.165, 1.54) is 0 Å². The molecule has 0 saturated carbocycles. The second kappa shape index (κ2) is 9.98. The van der Waals surface area contributed by atoms with Crippen LogP contribution >= 0.6 is 0 Å². The molecule has 1 amide bonds. The Hall–Kier alpha value is -4.15. The van der Waals surface area contributed by atoms with Crippen LogP contribution in [0.1, 0.15) is 41.3 Å². The molecular formula is C22H25N5O6. The molecule has 0 fully saturated rings. The molecule has 3 rings (SSSR count). The molecule has 0 spiro atoms. The third-order valence-electron chi connectivity index (χ3n) is 5.33.